The van der Waals surface area contributed by atoms with Crippen molar-refractivity contribution in [3.63, 3.8) is 0 Å². The zero-order valence-electron chi connectivity index (χ0n) is 15.8. The molecule has 4 rings (SSSR count). The summed E-state index contributed by atoms with van der Waals surface area (Å²) in [7, 11) is 3.40. The van der Waals surface area contributed by atoms with Gasteiger partial charge in [0.05, 0.1) is 35.8 Å². The second kappa shape index (κ2) is 7.40. The van der Waals surface area contributed by atoms with E-state index in [1.54, 1.807) is 36.1 Å². The van der Waals surface area contributed by atoms with Gasteiger partial charge in [-0.3, -0.25) is 19.4 Å². The summed E-state index contributed by atoms with van der Waals surface area (Å²) < 4.78 is 7.85. The van der Waals surface area contributed by atoms with E-state index >= 15 is 0 Å². The Balaban J connectivity index is 1.79. The Labute approximate surface area is 166 Å². The molecule has 1 amide bonds. The van der Waals surface area contributed by atoms with Crippen molar-refractivity contribution in [2.75, 3.05) is 12.0 Å². The SMILES string of the molecule is COc1ccc2nc(N(Cc3ccccn3)C(=O)c3c(C)cnn3C)sc2c1. The Kier molecular flexibility index (Phi) is 4.79. The normalized spacial score (nSPS) is 11.0. The first-order valence-electron chi connectivity index (χ1n) is 8.72. The minimum atomic E-state index is -0.158. The largest absolute Gasteiger partial charge is 0.497 e. The van der Waals surface area contributed by atoms with Gasteiger partial charge < -0.3 is 4.74 Å². The van der Waals surface area contributed by atoms with E-state index in [0.29, 0.717) is 17.4 Å². The maximum Gasteiger partial charge on any atom is 0.278 e. The molecule has 28 heavy (non-hydrogen) atoms. The lowest BCUT2D eigenvalue weighted by Crippen LogP contribution is -2.32. The molecule has 0 radical (unpaired) electrons. The lowest BCUT2D eigenvalue weighted by atomic mass is 10.2. The molecule has 3 heterocycles. The maximum atomic E-state index is 13.4. The van der Waals surface area contributed by atoms with Gasteiger partial charge >= 0.3 is 0 Å². The van der Waals surface area contributed by atoms with Crippen LogP contribution in [0.1, 0.15) is 21.7 Å². The molecule has 8 heteroatoms. The van der Waals surface area contributed by atoms with E-state index in [-0.39, 0.29) is 5.91 Å². The number of methoxy groups -OCH3 is 1. The second-order valence-corrected chi connectivity index (χ2v) is 7.35. The summed E-state index contributed by atoms with van der Waals surface area (Å²) in [6.07, 6.45) is 3.41. The number of hydrogen-bond acceptors (Lipinski definition) is 6. The fraction of sp³-hybridized carbons (Fsp3) is 0.200. The van der Waals surface area contributed by atoms with Crippen LogP contribution in [0.2, 0.25) is 0 Å². The fourth-order valence-corrected chi connectivity index (χ4v) is 3.99. The molecule has 142 valence electrons. The maximum absolute atomic E-state index is 13.4. The number of carbonyl (C=O) groups is 1. The Morgan fingerprint density at radius 2 is 2.14 bits per heavy atom. The number of amides is 1. The number of anilines is 1. The van der Waals surface area contributed by atoms with Gasteiger partial charge in [-0.25, -0.2) is 4.98 Å². The zero-order chi connectivity index (χ0) is 19.7. The number of rotatable bonds is 5. The van der Waals surface area contributed by atoms with Crippen molar-refractivity contribution in [1.82, 2.24) is 19.7 Å². The third kappa shape index (κ3) is 3.34. The Hall–Kier alpha value is -3.26. The van der Waals surface area contributed by atoms with Crippen LogP contribution in [0.15, 0.2) is 48.8 Å². The molecule has 7 nitrogen and oxygen atoms in total. The van der Waals surface area contributed by atoms with Gasteiger partial charge in [-0.15, -0.1) is 0 Å². The van der Waals surface area contributed by atoms with Crippen LogP contribution in [0, 0.1) is 6.92 Å². The molecule has 0 aliphatic carbocycles. The van der Waals surface area contributed by atoms with Crippen LogP contribution in [0.3, 0.4) is 0 Å². The number of pyridine rings is 1. The first-order valence-corrected chi connectivity index (χ1v) is 9.53. The van der Waals surface area contributed by atoms with E-state index in [4.69, 9.17) is 4.74 Å². The van der Waals surface area contributed by atoms with E-state index in [9.17, 15) is 4.79 Å². The highest BCUT2D eigenvalue weighted by molar-refractivity contribution is 7.22. The van der Waals surface area contributed by atoms with Gasteiger partial charge in [0.25, 0.3) is 5.91 Å². The molecule has 0 fully saturated rings. The van der Waals surface area contributed by atoms with Crippen molar-refractivity contribution >= 4 is 32.6 Å². The van der Waals surface area contributed by atoms with Crippen molar-refractivity contribution in [2.45, 2.75) is 13.5 Å². The first kappa shape index (κ1) is 18.1. The number of hydrogen-bond donors (Lipinski definition) is 0. The summed E-state index contributed by atoms with van der Waals surface area (Å²) in [5.41, 5.74) is 2.96. The molecule has 0 unspecified atom stereocenters. The van der Waals surface area contributed by atoms with Crippen LogP contribution in [-0.2, 0) is 13.6 Å². The van der Waals surface area contributed by atoms with Crippen molar-refractivity contribution in [1.29, 1.82) is 0 Å². The molecule has 0 spiro atoms. The summed E-state index contributed by atoms with van der Waals surface area (Å²) in [5, 5.41) is 4.82. The van der Waals surface area contributed by atoms with Crippen LogP contribution in [-0.4, -0.2) is 32.8 Å². The molecule has 0 atom stereocenters. The molecule has 0 bridgehead atoms. The molecule has 0 saturated heterocycles. The van der Waals surface area contributed by atoms with Crippen molar-refractivity contribution < 1.29 is 9.53 Å². The molecule has 0 N–H and O–H groups in total. The summed E-state index contributed by atoms with van der Waals surface area (Å²) >= 11 is 1.45. The monoisotopic (exact) mass is 393 g/mol. The number of aromatic nitrogens is 4. The number of fused-ring (bicyclic) bond motifs is 1. The Morgan fingerprint density at radius 3 is 2.82 bits per heavy atom. The van der Waals surface area contributed by atoms with E-state index in [1.807, 2.05) is 43.3 Å². The minimum Gasteiger partial charge on any atom is -0.497 e. The third-order valence-corrected chi connectivity index (χ3v) is 5.47. The standard InChI is InChI=1S/C20H19N5O2S/c1-13-11-22-24(2)18(13)19(26)25(12-14-6-4-5-9-21-14)20-23-16-8-7-15(27-3)10-17(16)28-20/h4-11H,12H2,1-3H3. The number of ether oxygens (including phenoxy) is 1. The molecule has 0 aliphatic heterocycles. The second-order valence-electron chi connectivity index (χ2n) is 6.34. The van der Waals surface area contributed by atoms with Gasteiger partial charge in [0, 0.05) is 13.2 Å². The molecule has 0 saturated carbocycles. The van der Waals surface area contributed by atoms with E-state index in [0.717, 1.165) is 27.2 Å². The Bertz CT molecular complexity index is 1120. The van der Waals surface area contributed by atoms with Gasteiger partial charge in [-0.1, -0.05) is 17.4 Å². The average Bonchev–Trinajstić information content (AvgIpc) is 3.28. The molecule has 3 aromatic heterocycles. The summed E-state index contributed by atoms with van der Waals surface area (Å²) in [5.74, 6) is 0.599. The topological polar surface area (TPSA) is 73.1 Å². The van der Waals surface area contributed by atoms with Crippen molar-refractivity contribution in [3.05, 3.63) is 65.7 Å². The van der Waals surface area contributed by atoms with Crippen LogP contribution >= 0.6 is 11.3 Å². The molecule has 1 aromatic carbocycles. The highest BCUT2D eigenvalue weighted by Gasteiger charge is 2.26. The average molecular weight is 393 g/mol. The van der Waals surface area contributed by atoms with Crippen molar-refractivity contribution in [2.24, 2.45) is 7.05 Å². The lowest BCUT2D eigenvalue weighted by Gasteiger charge is -2.20. The van der Waals surface area contributed by atoms with Gasteiger partial charge in [-0.2, -0.15) is 5.10 Å². The van der Waals surface area contributed by atoms with Crippen molar-refractivity contribution in [3.8, 4) is 5.75 Å². The predicted octanol–water partition coefficient (Wildman–Crippen LogP) is 3.59. The van der Waals surface area contributed by atoms with E-state index < -0.39 is 0 Å². The fourth-order valence-electron chi connectivity index (χ4n) is 3.00. The molecule has 0 aliphatic rings. The number of carbonyl (C=O) groups excluding carboxylic acids is 1. The molecular weight excluding hydrogens is 374 g/mol. The number of nitrogens with zero attached hydrogens (tertiary/aromatic N) is 5. The Morgan fingerprint density at radius 1 is 1.29 bits per heavy atom. The van der Waals surface area contributed by atoms with Crippen LogP contribution in [0.4, 0.5) is 5.13 Å². The predicted molar refractivity (Wildman–Crippen MR) is 109 cm³/mol. The van der Waals surface area contributed by atoms with Gasteiger partial charge in [0.15, 0.2) is 5.13 Å². The number of benzene rings is 1. The zero-order valence-corrected chi connectivity index (χ0v) is 16.6. The van der Waals surface area contributed by atoms with Crippen LogP contribution in [0.5, 0.6) is 5.75 Å². The smallest absolute Gasteiger partial charge is 0.278 e. The molecular formula is C20H19N5O2S. The third-order valence-electron chi connectivity index (χ3n) is 4.43. The first-order chi connectivity index (χ1) is 13.6. The van der Waals surface area contributed by atoms with E-state index in [2.05, 4.69) is 15.1 Å². The summed E-state index contributed by atoms with van der Waals surface area (Å²) in [6, 6.07) is 11.3. The summed E-state index contributed by atoms with van der Waals surface area (Å²) in [6.45, 7) is 2.20. The van der Waals surface area contributed by atoms with Gasteiger partial charge in [0.2, 0.25) is 0 Å². The van der Waals surface area contributed by atoms with Gasteiger partial charge in [0.1, 0.15) is 11.4 Å². The summed E-state index contributed by atoms with van der Waals surface area (Å²) in [4.78, 5) is 24.1. The minimum absolute atomic E-state index is 0.158. The van der Waals surface area contributed by atoms with E-state index in [1.165, 1.54) is 11.3 Å². The highest BCUT2D eigenvalue weighted by atomic mass is 32.1. The quantitative estimate of drug-likeness (QED) is 0.518. The van der Waals surface area contributed by atoms with Crippen LogP contribution < -0.4 is 9.64 Å². The lowest BCUT2D eigenvalue weighted by molar-refractivity contribution is 0.0975. The van der Waals surface area contributed by atoms with Gasteiger partial charge in [-0.05, 0) is 42.8 Å². The number of thiazole rings is 1. The van der Waals surface area contributed by atoms with Crippen LogP contribution in [0.25, 0.3) is 10.2 Å². The number of aryl methyl sites for hydroxylation is 2. The molecule has 4 aromatic rings. The highest BCUT2D eigenvalue weighted by Crippen LogP contribution is 2.33.